The first kappa shape index (κ1) is 15.6. The van der Waals surface area contributed by atoms with Crippen molar-refractivity contribution in [3.63, 3.8) is 0 Å². The van der Waals surface area contributed by atoms with Crippen LogP contribution >= 0.6 is 0 Å². The molecule has 1 aromatic heterocycles. The number of phenolic OH excluding ortho intramolecular Hbond substituents is 2. The summed E-state index contributed by atoms with van der Waals surface area (Å²) in [6, 6.07) is 13.2. The highest BCUT2D eigenvalue weighted by Gasteiger charge is 2.30. The Labute approximate surface area is 146 Å². The highest BCUT2D eigenvalue weighted by Crippen LogP contribution is 2.45. The molecule has 0 saturated carbocycles. The molecule has 2 heterocycles. The van der Waals surface area contributed by atoms with Crippen LogP contribution in [-0.4, -0.2) is 14.8 Å². The molecular weight excluding hydrogens is 312 g/mol. The Hall–Kier alpha value is -2.93. The quantitative estimate of drug-likeness (QED) is 0.718. The predicted octanol–water partition coefficient (Wildman–Crippen LogP) is 4.88. The van der Waals surface area contributed by atoms with Gasteiger partial charge < -0.3 is 14.8 Å². The summed E-state index contributed by atoms with van der Waals surface area (Å²) in [4.78, 5) is 0. The summed E-state index contributed by atoms with van der Waals surface area (Å²) in [6.07, 6.45) is 4.02. The topological polar surface area (TPSA) is 69.2 Å². The van der Waals surface area contributed by atoms with Gasteiger partial charge in [0.15, 0.2) is 0 Å². The highest BCUT2D eigenvalue weighted by atomic mass is 16.3. The molecule has 2 N–H and O–H groups in total. The molecule has 2 aromatic carbocycles. The number of benzene rings is 2. The van der Waals surface area contributed by atoms with Crippen molar-refractivity contribution < 1.29 is 10.2 Å². The number of phenols is 2. The van der Waals surface area contributed by atoms with Crippen LogP contribution in [0.15, 0.2) is 36.4 Å². The lowest BCUT2D eigenvalue weighted by molar-refractivity contribution is 0.446. The van der Waals surface area contributed by atoms with Crippen LogP contribution in [0.2, 0.25) is 0 Å². The van der Waals surface area contributed by atoms with E-state index in [1.807, 2.05) is 18.2 Å². The molecule has 1 aliphatic rings. The van der Waals surface area contributed by atoms with Gasteiger partial charge in [-0.1, -0.05) is 19.8 Å². The maximum absolute atomic E-state index is 9.98. The molecule has 3 aromatic rings. The number of fused-ring (bicyclic) bond motifs is 5. The molecule has 4 heteroatoms. The minimum atomic E-state index is 0.211. The summed E-state index contributed by atoms with van der Waals surface area (Å²) in [7, 11) is 0. The molecule has 0 fully saturated rings. The van der Waals surface area contributed by atoms with Gasteiger partial charge in [-0.25, -0.2) is 0 Å². The average molecular weight is 332 g/mol. The van der Waals surface area contributed by atoms with Gasteiger partial charge in [0, 0.05) is 23.1 Å². The van der Waals surface area contributed by atoms with Crippen molar-refractivity contribution >= 4 is 10.9 Å². The average Bonchev–Trinajstić information content (AvgIpc) is 2.93. The van der Waals surface area contributed by atoms with E-state index in [0.29, 0.717) is 5.56 Å². The van der Waals surface area contributed by atoms with Gasteiger partial charge >= 0.3 is 0 Å². The lowest BCUT2D eigenvalue weighted by atomic mass is 9.90. The van der Waals surface area contributed by atoms with Gasteiger partial charge in [-0.15, -0.1) is 0 Å². The number of hydrogen-bond donors (Lipinski definition) is 2. The number of unbranched alkanes of at least 4 members (excludes halogenated alkanes) is 1. The molecule has 25 heavy (non-hydrogen) atoms. The molecule has 1 unspecified atom stereocenters. The fourth-order valence-corrected chi connectivity index (χ4v) is 4.05. The summed E-state index contributed by atoms with van der Waals surface area (Å²) < 4.78 is 2.22. The van der Waals surface area contributed by atoms with E-state index < -0.39 is 0 Å². The lowest BCUT2D eigenvalue weighted by Crippen LogP contribution is -2.18. The molecule has 4 nitrogen and oxygen atoms in total. The second kappa shape index (κ2) is 5.86. The zero-order chi connectivity index (χ0) is 17.6. The van der Waals surface area contributed by atoms with Crippen molar-refractivity contribution in [3.8, 4) is 28.8 Å². The largest absolute Gasteiger partial charge is 0.508 e. The fourth-order valence-electron chi connectivity index (χ4n) is 4.05. The molecule has 1 aliphatic heterocycles. The number of rotatable bonds is 3. The van der Waals surface area contributed by atoms with Crippen molar-refractivity contribution in [2.24, 2.45) is 0 Å². The third kappa shape index (κ3) is 2.35. The number of nitriles is 1. The minimum Gasteiger partial charge on any atom is -0.508 e. The van der Waals surface area contributed by atoms with Crippen LogP contribution in [0.5, 0.6) is 11.5 Å². The van der Waals surface area contributed by atoms with Crippen molar-refractivity contribution in [3.05, 3.63) is 47.5 Å². The highest BCUT2D eigenvalue weighted by molar-refractivity contribution is 5.96. The maximum Gasteiger partial charge on any atom is 0.117 e. The van der Waals surface area contributed by atoms with Crippen LogP contribution in [0.25, 0.3) is 22.2 Å². The van der Waals surface area contributed by atoms with Crippen molar-refractivity contribution in [1.29, 1.82) is 5.26 Å². The Morgan fingerprint density at radius 3 is 2.68 bits per heavy atom. The van der Waals surface area contributed by atoms with E-state index in [9.17, 15) is 15.5 Å². The van der Waals surface area contributed by atoms with Gasteiger partial charge in [0.1, 0.15) is 17.6 Å². The number of hydrogen-bond acceptors (Lipinski definition) is 3. The molecule has 0 amide bonds. The van der Waals surface area contributed by atoms with Crippen LogP contribution in [0, 0.1) is 11.3 Å². The van der Waals surface area contributed by atoms with Crippen LogP contribution in [0.1, 0.15) is 43.4 Å². The van der Waals surface area contributed by atoms with Gasteiger partial charge in [-0.05, 0) is 48.7 Å². The minimum absolute atomic E-state index is 0.211. The molecule has 0 saturated heterocycles. The third-order valence-corrected chi connectivity index (χ3v) is 5.16. The molecule has 0 aliphatic carbocycles. The zero-order valence-electron chi connectivity index (χ0n) is 14.2. The van der Waals surface area contributed by atoms with E-state index in [2.05, 4.69) is 17.6 Å². The number of aromatic hydroxyl groups is 2. The number of nitrogens with zero attached hydrogens (tertiary/aromatic N) is 2. The predicted molar refractivity (Wildman–Crippen MR) is 97.7 cm³/mol. The van der Waals surface area contributed by atoms with Crippen LogP contribution in [0.3, 0.4) is 0 Å². The maximum atomic E-state index is 9.98. The fraction of sp³-hybridized carbons (Fsp3) is 0.286. The van der Waals surface area contributed by atoms with Crippen molar-refractivity contribution in [2.45, 2.75) is 38.6 Å². The second-order valence-corrected chi connectivity index (χ2v) is 6.75. The van der Waals surface area contributed by atoms with E-state index in [-0.39, 0.29) is 17.5 Å². The van der Waals surface area contributed by atoms with Gasteiger partial charge in [-0.3, -0.25) is 0 Å². The van der Waals surface area contributed by atoms with Gasteiger partial charge in [0.05, 0.1) is 16.8 Å². The Kier molecular flexibility index (Phi) is 3.65. The Morgan fingerprint density at radius 1 is 1.16 bits per heavy atom. The summed E-state index contributed by atoms with van der Waals surface area (Å²) >= 11 is 0. The standard InChI is InChI=1S/C21H20N2O2/c1-2-3-4-14-9-13-10-15(24)5-7-17(13)21-19(12-22)18-8-6-16(25)11-20(18)23(14)21/h5-8,10-11,14,24-25H,2-4,9H2,1H3. The van der Waals surface area contributed by atoms with Crippen LogP contribution < -0.4 is 0 Å². The van der Waals surface area contributed by atoms with Crippen molar-refractivity contribution in [2.75, 3.05) is 0 Å². The monoisotopic (exact) mass is 332 g/mol. The van der Waals surface area contributed by atoms with Gasteiger partial charge in [0.25, 0.3) is 0 Å². The van der Waals surface area contributed by atoms with Crippen LogP contribution in [0.4, 0.5) is 0 Å². The molecule has 4 rings (SSSR count). The molecule has 126 valence electrons. The second-order valence-electron chi connectivity index (χ2n) is 6.75. The summed E-state index contributed by atoms with van der Waals surface area (Å²) in [5.74, 6) is 0.469. The lowest BCUT2D eigenvalue weighted by Gasteiger charge is -2.29. The Balaban J connectivity index is 2.06. The third-order valence-electron chi connectivity index (χ3n) is 5.16. The molecule has 0 bridgehead atoms. The summed E-state index contributed by atoms with van der Waals surface area (Å²) in [6.45, 7) is 2.17. The van der Waals surface area contributed by atoms with E-state index in [0.717, 1.165) is 53.4 Å². The number of aromatic nitrogens is 1. The zero-order valence-corrected chi connectivity index (χ0v) is 14.2. The molecular formula is C21H20N2O2. The Morgan fingerprint density at radius 2 is 1.92 bits per heavy atom. The first-order chi connectivity index (χ1) is 12.1. The van der Waals surface area contributed by atoms with Gasteiger partial charge in [0.2, 0.25) is 0 Å². The SMILES string of the molecule is CCCCC1Cc2cc(O)ccc2-c2c(C#N)c3ccc(O)cc3n21. The van der Waals surface area contributed by atoms with Gasteiger partial charge in [-0.2, -0.15) is 5.26 Å². The van der Waals surface area contributed by atoms with Crippen LogP contribution in [-0.2, 0) is 6.42 Å². The first-order valence-electron chi connectivity index (χ1n) is 8.73. The van der Waals surface area contributed by atoms with E-state index in [1.165, 1.54) is 0 Å². The smallest absolute Gasteiger partial charge is 0.117 e. The first-order valence-corrected chi connectivity index (χ1v) is 8.73. The van der Waals surface area contributed by atoms with E-state index >= 15 is 0 Å². The normalized spacial score (nSPS) is 15.6. The Bertz CT molecular complexity index is 1010. The van der Waals surface area contributed by atoms with Crippen molar-refractivity contribution in [1.82, 2.24) is 4.57 Å². The summed E-state index contributed by atoms with van der Waals surface area (Å²) in [5.41, 5.74) is 4.54. The molecule has 0 spiro atoms. The molecule has 0 radical (unpaired) electrons. The molecule has 1 atom stereocenters. The van der Waals surface area contributed by atoms with E-state index in [1.54, 1.807) is 18.2 Å². The van der Waals surface area contributed by atoms with E-state index in [4.69, 9.17) is 0 Å². The summed E-state index contributed by atoms with van der Waals surface area (Å²) in [5, 5.41) is 30.6.